The lowest BCUT2D eigenvalue weighted by Crippen LogP contribution is -2.62. The van der Waals surface area contributed by atoms with Gasteiger partial charge in [0.1, 0.15) is 5.03 Å². The van der Waals surface area contributed by atoms with Crippen LogP contribution in [-0.2, 0) is 9.53 Å². The van der Waals surface area contributed by atoms with E-state index in [4.69, 9.17) is 10.00 Å². The van der Waals surface area contributed by atoms with Crippen LogP contribution in [0.15, 0.2) is 23.4 Å². The number of thioether (sulfide) groups is 1. The van der Waals surface area contributed by atoms with Gasteiger partial charge < -0.3 is 9.64 Å². The first kappa shape index (κ1) is 20.2. The van der Waals surface area contributed by atoms with Crippen LogP contribution in [0.3, 0.4) is 0 Å². The second-order valence-corrected chi connectivity index (χ2v) is 9.53. The largest absolute Gasteiger partial charge is 0.452 e. The van der Waals surface area contributed by atoms with Crippen molar-refractivity contribution in [2.75, 3.05) is 19.4 Å². The number of nitriles is 1. The van der Waals surface area contributed by atoms with Crippen LogP contribution in [0.1, 0.15) is 55.3 Å². The van der Waals surface area contributed by atoms with Crippen LogP contribution < -0.4 is 0 Å². The number of pyridine rings is 1. The highest BCUT2D eigenvalue weighted by molar-refractivity contribution is 7.98. The maximum atomic E-state index is 13.2. The Morgan fingerprint density at radius 3 is 2.52 bits per heavy atom. The van der Waals surface area contributed by atoms with Crippen molar-refractivity contribution in [2.45, 2.75) is 55.5 Å². The molecule has 0 aliphatic heterocycles. The number of nitrogens with zero attached hydrogens (tertiary/aromatic N) is 3. The standard InChI is InChI=1S/C22H27N3O3S/c1-29-20-18(4-2-6-24-20)21(27)28-14-19(26)25(7-3-5-23)22-11-15-8-16(12-22)10-17(9-15)13-22/h2,4,6,15-17H,3,7-14H2,1H3. The molecule has 4 bridgehead atoms. The van der Waals surface area contributed by atoms with E-state index in [0.29, 0.717) is 41.3 Å². The number of rotatable bonds is 7. The van der Waals surface area contributed by atoms with Crippen LogP contribution in [-0.4, -0.2) is 46.7 Å². The number of carbonyl (C=O) groups excluding carboxylic acids is 2. The molecule has 4 saturated carbocycles. The monoisotopic (exact) mass is 413 g/mol. The van der Waals surface area contributed by atoms with Gasteiger partial charge in [0, 0.05) is 18.3 Å². The van der Waals surface area contributed by atoms with Gasteiger partial charge in [-0.05, 0) is 74.7 Å². The molecule has 6 nitrogen and oxygen atoms in total. The highest BCUT2D eigenvalue weighted by Crippen LogP contribution is 2.57. The zero-order valence-corrected chi connectivity index (χ0v) is 17.6. The number of amides is 1. The normalized spacial score (nSPS) is 29.3. The molecule has 29 heavy (non-hydrogen) atoms. The van der Waals surface area contributed by atoms with Crippen molar-refractivity contribution in [3.05, 3.63) is 23.9 Å². The van der Waals surface area contributed by atoms with Crippen molar-refractivity contribution in [2.24, 2.45) is 17.8 Å². The van der Waals surface area contributed by atoms with Gasteiger partial charge in [0.15, 0.2) is 6.61 Å². The molecule has 1 aromatic heterocycles. The van der Waals surface area contributed by atoms with Crippen molar-refractivity contribution < 1.29 is 14.3 Å². The van der Waals surface area contributed by atoms with Crippen LogP contribution in [0.5, 0.6) is 0 Å². The van der Waals surface area contributed by atoms with Gasteiger partial charge in [-0.1, -0.05) is 0 Å². The van der Waals surface area contributed by atoms with Gasteiger partial charge in [-0.3, -0.25) is 4.79 Å². The third kappa shape index (κ3) is 4.00. The van der Waals surface area contributed by atoms with Crippen molar-refractivity contribution in [1.29, 1.82) is 5.26 Å². The van der Waals surface area contributed by atoms with Gasteiger partial charge in [-0.15, -0.1) is 11.8 Å². The van der Waals surface area contributed by atoms with E-state index in [1.54, 1.807) is 18.3 Å². The second-order valence-electron chi connectivity index (χ2n) is 8.73. The molecular formula is C22H27N3O3S. The lowest BCUT2D eigenvalue weighted by atomic mass is 9.52. The van der Waals surface area contributed by atoms with E-state index >= 15 is 0 Å². The van der Waals surface area contributed by atoms with Gasteiger partial charge in [-0.25, -0.2) is 9.78 Å². The maximum Gasteiger partial charge on any atom is 0.341 e. The zero-order chi connectivity index (χ0) is 20.4. The smallest absolute Gasteiger partial charge is 0.341 e. The second kappa shape index (κ2) is 8.35. The Hall–Kier alpha value is -2.07. The molecule has 1 amide bonds. The third-order valence-corrected chi connectivity index (χ3v) is 7.55. The van der Waals surface area contributed by atoms with Gasteiger partial charge in [0.05, 0.1) is 18.1 Å². The number of hydrogen-bond donors (Lipinski definition) is 0. The molecule has 4 aliphatic rings. The Kier molecular flexibility index (Phi) is 5.82. The summed E-state index contributed by atoms with van der Waals surface area (Å²) in [6.07, 6.45) is 10.7. The molecule has 0 atom stereocenters. The maximum absolute atomic E-state index is 13.2. The van der Waals surface area contributed by atoms with Crippen LogP contribution in [0, 0.1) is 29.1 Å². The van der Waals surface area contributed by atoms with Crippen molar-refractivity contribution in [3.8, 4) is 6.07 Å². The molecule has 4 aliphatic carbocycles. The highest BCUT2D eigenvalue weighted by Gasteiger charge is 2.54. The lowest BCUT2D eigenvalue weighted by molar-refractivity contribution is -0.153. The molecule has 0 spiro atoms. The van der Waals surface area contributed by atoms with E-state index in [1.165, 1.54) is 31.0 Å². The first-order valence-corrected chi connectivity index (χ1v) is 11.6. The molecule has 1 aromatic rings. The number of ether oxygens (including phenoxy) is 1. The van der Waals surface area contributed by atoms with Gasteiger partial charge in [-0.2, -0.15) is 5.26 Å². The number of hydrogen-bond acceptors (Lipinski definition) is 6. The summed E-state index contributed by atoms with van der Waals surface area (Å²) in [6, 6.07) is 5.53. The molecule has 0 aromatic carbocycles. The molecule has 5 rings (SSSR count). The lowest BCUT2D eigenvalue weighted by Gasteiger charge is -2.60. The molecule has 154 valence electrons. The van der Waals surface area contributed by atoms with Crippen LogP contribution in [0.2, 0.25) is 0 Å². The topological polar surface area (TPSA) is 83.3 Å². The fourth-order valence-electron chi connectivity index (χ4n) is 6.18. The number of esters is 1. The minimum atomic E-state index is -0.526. The van der Waals surface area contributed by atoms with E-state index in [1.807, 2.05) is 11.2 Å². The van der Waals surface area contributed by atoms with Crippen molar-refractivity contribution >= 4 is 23.6 Å². The minimum Gasteiger partial charge on any atom is -0.452 e. The summed E-state index contributed by atoms with van der Waals surface area (Å²) in [5.74, 6) is 1.38. The Labute approximate surface area is 176 Å². The van der Waals surface area contributed by atoms with Crippen molar-refractivity contribution in [1.82, 2.24) is 9.88 Å². The molecule has 0 radical (unpaired) electrons. The van der Waals surface area contributed by atoms with Gasteiger partial charge in [0.2, 0.25) is 0 Å². The van der Waals surface area contributed by atoms with E-state index < -0.39 is 5.97 Å². The first-order valence-electron chi connectivity index (χ1n) is 10.4. The molecule has 0 saturated heterocycles. The summed E-state index contributed by atoms with van der Waals surface area (Å²) in [5.41, 5.74) is 0.236. The van der Waals surface area contributed by atoms with Gasteiger partial charge in [0.25, 0.3) is 5.91 Å². The summed E-state index contributed by atoms with van der Waals surface area (Å²) >= 11 is 1.37. The van der Waals surface area contributed by atoms with E-state index in [9.17, 15) is 9.59 Å². The fourth-order valence-corrected chi connectivity index (χ4v) is 6.71. The van der Waals surface area contributed by atoms with Crippen LogP contribution >= 0.6 is 11.8 Å². The van der Waals surface area contributed by atoms with E-state index in [-0.39, 0.29) is 18.1 Å². The summed E-state index contributed by atoms with van der Waals surface area (Å²) in [5, 5.41) is 9.71. The van der Waals surface area contributed by atoms with Gasteiger partial charge >= 0.3 is 5.97 Å². The molecule has 0 N–H and O–H groups in total. The zero-order valence-electron chi connectivity index (χ0n) is 16.8. The molecule has 4 fully saturated rings. The number of aromatic nitrogens is 1. The third-order valence-electron chi connectivity index (χ3n) is 6.84. The van der Waals surface area contributed by atoms with E-state index in [0.717, 1.165) is 19.3 Å². The summed E-state index contributed by atoms with van der Waals surface area (Å²) in [4.78, 5) is 31.8. The summed E-state index contributed by atoms with van der Waals surface area (Å²) in [6.45, 7) is 0.136. The van der Waals surface area contributed by atoms with E-state index in [2.05, 4.69) is 11.1 Å². The summed E-state index contributed by atoms with van der Waals surface area (Å²) in [7, 11) is 0. The Morgan fingerprint density at radius 2 is 1.93 bits per heavy atom. The molecular weight excluding hydrogens is 386 g/mol. The quantitative estimate of drug-likeness (QED) is 0.501. The minimum absolute atomic E-state index is 0.145. The Morgan fingerprint density at radius 1 is 1.28 bits per heavy atom. The predicted molar refractivity (Wildman–Crippen MR) is 109 cm³/mol. The molecule has 7 heteroatoms. The Bertz CT molecular complexity index is 800. The predicted octanol–water partition coefficient (Wildman–Crippen LogP) is 3.67. The van der Waals surface area contributed by atoms with Crippen LogP contribution in [0.25, 0.3) is 0 Å². The molecule has 1 heterocycles. The fraction of sp³-hybridized carbons (Fsp3) is 0.636. The SMILES string of the molecule is CSc1ncccc1C(=O)OCC(=O)N(CCC#N)C12CC3CC(CC(C3)C1)C2. The first-order chi connectivity index (χ1) is 14.0. The van der Waals surface area contributed by atoms with Crippen molar-refractivity contribution in [3.63, 3.8) is 0 Å². The average Bonchev–Trinajstić information content (AvgIpc) is 2.71. The Balaban J connectivity index is 1.47. The number of carbonyl (C=O) groups is 2. The highest BCUT2D eigenvalue weighted by atomic mass is 32.2. The summed E-state index contributed by atoms with van der Waals surface area (Å²) < 4.78 is 5.39. The molecule has 0 unspecified atom stereocenters. The van der Waals surface area contributed by atoms with Crippen LogP contribution in [0.4, 0.5) is 0 Å². The average molecular weight is 414 g/mol.